The van der Waals surface area contributed by atoms with Gasteiger partial charge in [0.15, 0.2) is 13.2 Å². The van der Waals surface area contributed by atoms with Crippen LogP contribution in [0.15, 0.2) is 24.3 Å². The number of nitrogens with one attached hydrogen (secondary N) is 2. The van der Waals surface area contributed by atoms with E-state index in [0.29, 0.717) is 0 Å². The van der Waals surface area contributed by atoms with Gasteiger partial charge in [0.2, 0.25) is 0 Å². The molecule has 0 aromatic heterocycles. The molecular formula is C31H54F10N2O11. The second kappa shape index (κ2) is 23.8. The molecule has 13 nitrogen and oxygen atoms in total. The lowest BCUT2D eigenvalue weighted by molar-refractivity contribution is -0.338. The van der Waals surface area contributed by atoms with E-state index >= 15 is 0 Å². The van der Waals surface area contributed by atoms with Crippen molar-refractivity contribution in [2.75, 3.05) is 26.4 Å². The van der Waals surface area contributed by atoms with E-state index in [-0.39, 0.29) is 33.1 Å². The Morgan fingerprint density at radius 2 is 1.07 bits per heavy atom. The summed E-state index contributed by atoms with van der Waals surface area (Å²) in [5, 5.41) is 26.0. The number of hydrogen-bond donors (Lipinski definition) is 5. The Morgan fingerprint density at radius 3 is 1.35 bits per heavy atom. The molecule has 0 aromatic rings. The maximum absolute atomic E-state index is 13.0. The van der Waals surface area contributed by atoms with Gasteiger partial charge in [-0.15, -0.1) is 5.48 Å². The van der Waals surface area contributed by atoms with Crippen LogP contribution >= 0.6 is 0 Å². The van der Waals surface area contributed by atoms with Crippen molar-refractivity contribution >= 4 is 24.1 Å². The monoisotopic (exact) mass is 820 g/mol. The molecule has 0 rings (SSSR count). The highest BCUT2D eigenvalue weighted by atomic mass is 19.3. The van der Waals surface area contributed by atoms with Crippen LogP contribution in [-0.2, 0) is 28.6 Å². The molecule has 54 heavy (non-hydrogen) atoms. The molecule has 0 heterocycles. The molecule has 0 bridgehead atoms. The van der Waals surface area contributed by atoms with Gasteiger partial charge in [0.1, 0.15) is 6.61 Å². The molecule has 23 heteroatoms. The maximum atomic E-state index is 13.0. The number of ether oxygens (including phenoxy) is 3. The van der Waals surface area contributed by atoms with Gasteiger partial charge in [0.25, 0.3) is 5.92 Å². The molecule has 5 N–H and O–H groups in total. The largest absolute Gasteiger partial charge is 0.460 e. The first kappa shape index (κ1) is 56.9. The minimum Gasteiger partial charge on any atom is -0.460 e. The van der Waals surface area contributed by atoms with Crippen LogP contribution in [0.1, 0.15) is 72.1 Å². The molecule has 0 radical (unpaired) electrons. The molecule has 0 aromatic carbocycles. The van der Waals surface area contributed by atoms with Crippen molar-refractivity contribution in [2.45, 2.75) is 99.4 Å². The summed E-state index contributed by atoms with van der Waals surface area (Å²) in [5.41, 5.74) is 0.485. The van der Waals surface area contributed by atoms with Crippen LogP contribution in [0.3, 0.4) is 0 Å². The van der Waals surface area contributed by atoms with Gasteiger partial charge in [-0.2, -0.15) is 35.1 Å². The fraction of sp³-hybridized carbons (Fsp3) is 0.742. The lowest BCUT2D eigenvalue weighted by atomic mass is 9.80. The predicted molar refractivity (Wildman–Crippen MR) is 174 cm³/mol. The van der Waals surface area contributed by atoms with E-state index in [1.54, 1.807) is 19.3 Å². The second-order valence-corrected chi connectivity index (χ2v) is 12.6. The summed E-state index contributed by atoms with van der Waals surface area (Å²) in [6.07, 6.45) is -15.0. The van der Waals surface area contributed by atoms with Crippen LogP contribution in [0.25, 0.3) is 0 Å². The molecule has 0 aliphatic rings. The Balaban J connectivity index is -0.000000151. The van der Waals surface area contributed by atoms with E-state index in [1.807, 2.05) is 5.32 Å². The Hall–Kier alpha value is -3.86. The van der Waals surface area contributed by atoms with Crippen LogP contribution in [0.5, 0.6) is 0 Å². The lowest BCUT2D eigenvalue weighted by Crippen LogP contribution is -2.44. The molecular weight excluding hydrogens is 766 g/mol. The quantitative estimate of drug-likeness (QED) is 0.0301. The summed E-state index contributed by atoms with van der Waals surface area (Å²) < 4.78 is 134. The molecule has 0 aliphatic carbocycles. The van der Waals surface area contributed by atoms with Crippen LogP contribution in [-0.4, -0.2) is 96.0 Å². The third-order valence-corrected chi connectivity index (χ3v) is 6.49. The summed E-state index contributed by atoms with van der Waals surface area (Å²) in [5.74, 6) is -11.8. The summed E-state index contributed by atoms with van der Waals surface area (Å²) >= 11 is 0. The van der Waals surface area contributed by atoms with Crippen molar-refractivity contribution in [1.29, 1.82) is 0 Å². The number of hydroxylamine groups is 1. The molecule has 0 unspecified atom stereocenters. The van der Waals surface area contributed by atoms with E-state index in [9.17, 15) is 63.1 Å². The number of hydrogen-bond acceptors (Lipinski definition) is 11. The summed E-state index contributed by atoms with van der Waals surface area (Å²) in [4.78, 5) is 47.4. The van der Waals surface area contributed by atoms with Gasteiger partial charge in [-0.3, -0.25) is 0 Å². The number of carbonyl (C=O) groups excluding carboxylic acids is 4. The van der Waals surface area contributed by atoms with Crippen molar-refractivity contribution in [3.63, 3.8) is 0 Å². The molecule has 0 saturated carbocycles. The lowest BCUT2D eigenvalue weighted by Gasteiger charge is -2.33. The predicted octanol–water partition coefficient (Wildman–Crippen LogP) is 7.06. The molecule has 0 aliphatic heterocycles. The fourth-order valence-electron chi connectivity index (χ4n) is 1.85. The van der Waals surface area contributed by atoms with Gasteiger partial charge in [0, 0.05) is 25.8 Å². The number of carbonyl (C=O) groups is 4. The Morgan fingerprint density at radius 1 is 0.648 bits per heavy atom. The fourth-order valence-corrected chi connectivity index (χ4v) is 1.85. The summed E-state index contributed by atoms with van der Waals surface area (Å²) in [6.45, 7) is 17.0. The van der Waals surface area contributed by atoms with Crippen molar-refractivity contribution in [2.24, 2.45) is 23.2 Å². The molecule has 0 fully saturated rings. The molecule has 0 saturated heterocycles. The van der Waals surface area contributed by atoms with E-state index < -0.39 is 84.8 Å². The third-order valence-electron chi connectivity index (χ3n) is 6.49. The molecule has 0 spiro atoms. The van der Waals surface area contributed by atoms with E-state index in [2.05, 4.69) is 32.2 Å². The topological polar surface area (TPSA) is 190 Å². The highest BCUT2D eigenvalue weighted by Crippen LogP contribution is 2.40. The second-order valence-electron chi connectivity index (χ2n) is 12.6. The third kappa shape index (κ3) is 26.0. The minimum atomic E-state index is -4.92. The average Bonchev–Trinajstić information content (AvgIpc) is 2.98. The number of halogens is 10. The summed E-state index contributed by atoms with van der Waals surface area (Å²) in [6, 6.07) is 0. The van der Waals surface area contributed by atoms with Gasteiger partial charge in [-0.1, -0.05) is 68.5 Å². The number of amides is 2. The average molecular weight is 821 g/mol. The number of aliphatic hydroxyl groups is 3. The summed E-state index contributed by atoms with van der Waals surface area (Å²) in [7, 11) is 0. The van der Waals surface area contributed by atoms with Crippen molar-refractivity contribution in [1.82, 2.24) is 10.8 Å². The Bertz CT molecular complexity index is 1180. The smallest absolute Gasteiger partial charge is 0.440 e. The zero-order valence-electron chi connectivity index (χ0n) is 31.4. The number of alkyl carbamates (subject to hydrolysis) is 1. The van der Waals surface area contributed by atoms with Crippen LogP contribution in [0.2, 0.25) is 0 Å². The number of esters is 1. The highest BCUT2D eigenvalue weighted by molar-refractivity contribution is 5.87. The molecule has 0 atom stereocenters. The van der Waals surface area contributed by atoms with Gasteiger partial charge in [0.05, 0.1) is 12.0 Å². The first-order valence-corrected chi connectivity index (χ1v) is 15.4. The SMILES string of the molecule is C=C(C)C(=O)OCCNC(=O)OCC(O)(F)F.C=C(C)C(=O)ONC(=O)OCC(F)(F)C(C)C.CC(C)C(C)(C)C(O)(F)F.CC(C)C(F)(F)C(O)(F)F.[HH].[HH]. The van der Waals surface area contributed by atoms with Crippen LogP contribution < -0.4 is 10.8 Å². The van der Waals surface area contributed by atoms with Crippen molar-refractivity contribution < 1.29 is 100 Å². The van der Waals surface area contributed by atoms with E-state index in [4.69, 9.17) is 15.3 Å². The highest BCUT2D eigenvalue weighted by Gasteiger charge is 2.57. The van der Waals surface area contributed by atoms with Gasteiger partial charge >= 0.3 is 48.4 Å². The van der Waals surface area contributed by atoms with Crippen LogP contribution in [0.4, 0.5) is 53.5 Å². The Kier molecular flexibility index (Phi) is 25.1. The maximum Gasteiger partial charge on any atom is 0.440 e. The first-order valence-electron chi connectivity index (χ1n) is 15.4. The van der Waals surface area contributed by atoms with Gasteiger partial charge in [-0.05, 0) is 19.8 Å². The van der Waals surface area contributed by atoms with E-state index in [1.165, 1.54) is 41.5 Å². The number of rotatable bonds is 14. The minimum absolute atomic E-state index is 0. The number of alkyl halides is 10. The first-order chi connectivity index (χ1) is 23.8. The van der Waals surface area contributed by atoms with Gasteiger partial charge in [-0.25, -0.2) is 28.0 Å². The van der Waals surface area contributed by atoms with Crippen molar-refractivity contribution in [3.8, 4) is 0 Å². The Labute approximate surface area is 308 Å². The van der Waals surface area contributed by atoms with Crippen LogP contribution in [0, 0.1) is 23.2 Å². The standard InChI is InChI=1S/C10H15F2NO4.C9H13F2NO5.C7H14F2O.C5H8F4O.2H2/c1-6(2)8(14)17-13-9(15)16-5-10(11,12)7(3)4;1-6(2)7(13)16-4-3-12-8(14)17-5-9(10,11)15;1-5(2)6(3,4)7(8,9)10;1-3(2)4(6,7)5(8,9)10;;/h7H,1,5H2,2-4H3,(H,13,15);15H,1,3-5H2,2H3,(H,12,14);5,10H,1-4H3;3,10H,1-2H3;2*1H. The zero-order chi connectivity index (χ0) is 44.3. The van der Waals surface area contributed by atoms with Gasteiger partial charge < -0.3 is 39.7 Å². The molecule has 2 amide bonds. The van der Waals surface area contributed by atoms with Crippen molar-refractivity contribution in [3.05, 3.63) is 24.3 Å². The van der Waals surface area contributed by atoms with E-state index in [0.717, 1.165) is 13.8 Å². The molecule has 324 valence electrons. The zero-order valence-corrected chi connectivity index (χ0v) is 31.4. The normalized spacial score (nSPS) is 12.1.